The first-order chi connectivity index (χ1) is 9.15. The van der Waals surface area contributed by atoms with E-state index in [1.165, 1.54) is 31.4 Å². The molecule has 0 heterocycles. The van der Waals surface area contributed by atoms with Crippen molar-refractivity contribution in [2.24, 2.45) is 5.92 Å². The third-order valence-electron chi connectivity index (χ3n) is 3.29. The van der Waals surface area contributed by atoms with Gasteiger partial charge < -0.3 is 10.1 Å². The number of nitro benzene ring substituents is 1. The lowest BCUT2D eigenvalue weighted by Gasteiger charge is -2.13. The highest BCUT2D eigenvalue weighted by molar-refractivity contribution is 5.35. The molecule has 1 unspecified atom stereocenters. The number of rotatable bonds is 8. The van der Waals surface area contributed by atoms with E-state index in [0.29, 0.717) is 18.4 Å². The second-order valence-corrected chi connectivity index (χ2v) is 5.13. The van der Waals surface area contributed by atoms with Crippen LogP contribution in [0.2, 0.25) is 0 Å². The lowest BCUT2D eigenvalue weighted by atomic mass is 10.2. The summed E-state index contributed by atoms with van der Waals surface area (Å²) in [4.78, 5) is 10.1. The number of benzene rings is 1. The Bertz CT molecular complexity index is 415. The Balaban J connectivity index is 1.63. The molecule has 1 aliphatic rings. The largest absolute Gasteiger partial charge is 0.492 e. The number of ether oxygens (including phenoxy) is 1. The lowest BCUT2D eigenvalue weighted by Crippen LogP contribution is -2.30. The predicted molar refractivity (Wildman–Crippen MR) is 73.4 cm³/mol. The Morgan fingerprint density at radius 1 is 1.42 bits per heavy atom. The van der Waals surface area contributed by atoms with Crippen LogP contribution >= 0.6 is 0 Å². The molecule has 0 aliphatic heterocycles. The molecule has 1 aromatic rings. The summed E-state index contributed by atoms with van der Waals surface area (Å²) in [6.45, 7) is 3.57. The topological polar surface area (TPSA) is 64.4 Å². The van der Waals surface area contributed by atoms with E-state index < -0.39 is 4.92 Å². The molecule has 0 bridgehead atoms. The van der Waals surface area contributed by atoms with Crippen LogP contribution in [0.25, 0.3) is 0 Å². The summed E-state index contributed by atoms with van der Waals surface area (Å²) in [7, 11) is 0. The van der Waals surface area contributed by atoms with Gasteiger partial charge in [-0.25, -0.2) is 0 Å². The van der Waals surface area contributed by atoms with E-state index >= 15 is 0 Å². The van der Waals surface area contributed by atoms with Gasteiger partial charge in [0.25, 0.3) is 5.69 Å². The SMILES string of the molecule is CC(CC1CC1)NCCOc1ccc([N+](=O)[O-])cc1. The average Bonchev–Trinajstić information content (AvgIpc) is 3.19. The molecule has 1 aromatic carbocycles. The molecule has 0 radical (unpaired) electrons. The van der Waals surface area contributed by atoms with E-state index in [0.717, 1.165) is 12.5 Å². The third-order valence-corrected chi connectivity index (χ3v) is 3.29. The molecule has 0 spiro atoms. The summed E-state index contributed by atoms with van der Waals surface area (Å²) in [5.74, 6) is 1.60. The van der Waals surface area contributed by atoms with Crippen molar-refractivity contribution in [3.63, 3.8) is 0 Å². The van der Waals surface area contributed by atoms with Crippen molar-refractivity contribution in [1.82, 2.24) is 5.32 Å². The Morgan fingerprint density at radius 3 is 2.68 bits per heavy atom. The number of hydrogen-bond acceptors (Lipinski definition) is 4. The molecular weight excluding hydrogens is 244 g/mol. The lowest BCUT2D eigenvalue weighted by molar-refractivity contribution is -0.384. The maximum Gasteiger partial charge on any atom is 0.269 e. The summed E-state index contributed by atoms with van der Waals surface area (Å²) in [6, 6.07) is 6.71. The summed E-state index contributed by atoms with van der Waals surface area (Å²) in [5.41, 5.74) is 0.0866. The molecule has 19 heavy (non-hydrogen) atoms. The maximum absolute atomic E-state index is 10.5. The zero-order valence-electron chi connectivity index (χ0n) is 11.2. The molecule has 1 aliphatic carbocycles. The second kappa shape index (κ2) is 6.52. The first kappa shape index (κ1) is 13.8. The van der Waals surface area contributed by atoms with Gasteiger partial charge in [-0.1, -0.05) is 12.8 Å². The number of non-ortho nitro benzene ring substituents is 1. The van der Waals surface area contributed by atoms with Gasteiger partial charge in [-0.15, -0.1) is 0 Å². The standard InChI is InChI=1S/C14H20N2O3/c1-11(10-12-2-3-12)15-8-9-19-14-6-4-13(5-7-14)16(17)18/h4-7,11-12,15H,2-3,8-10H2,1H3. The van der Waals surface area contributed by atoms with Crippen LogP contribution in [0.4, 0.5) is 5.69 Å². The first-order valence-electron chi connectivity index (χ1n) is 6.76. The predicted octanol–water partition coefficient (Wildman–Crippen LogP) is 2.75. The quantitative estimate of drug-likeness (QED) is 0.445. The zero-order valence-corrected chi connectivity index (χ0v) is 11.2. The van der Waals surface area contributed by atoms with E-state index in [-0.39, 0.29) is 5.69 Å². The van der Waals surface area contributed by atoms with Crippen LogP contribution in [0.3, 0.4) is 0 Å². The fourth-order valence-electron chi connectivity index (χ4n) is 2.08. The van der Waals surface area contributed by atoms with Gasteiger partial charge >= 0.3 is 0 Å². The van der Waals surface area contributed by atoms with Crippen molar-refractivity contribution >= 4 is 5.69 Å². The van der Waals surface area contributed by atoms with Gasteiger partial charge in [-0.05, 0) is 31.4 Å². The smallest absolute Gasteiger partial charge is 0.269 e. The third kappa shape index (κ3) is 4.87. The highest BCUT2D eigenvalue weighted by atomic mass is 16.6. The fourth-order valence-corrected chi connectivity index (χ4v) is 2.08. The molecule has 1 saturated carbocycles. The van der Waals surface area contributed by atoms with E-state index in [1.807, 2.05) is 0 Å². The molecule has 5 nitrogen and oxygen atoms in total. The molecule has 2 rings (SSSR count). The minimum atomic E-state index is -0.412. The summed E-state index contributed by atoms with van der Waals surface area (Å²) >= 11 is 0. The monoisotopic (exact) mass is 264 g/mol. The Hall–Kier alpha value is -1.62. The van der Waals surface area contributed by atoms with Gasteiger partial charge in [-0.2, -0.15) is 0 Å². The normalized spacial score (nSPS) is 16.1. The molecule has 0 aromatic heterocycles. The fraction of sp³-hybridized carbons (Fsp3) is 0.571. The van der Waals surface area contributed by atoms with Crippen LogP contribution in [0.1, 0.15) is 26.2 Å². The van der Waals surface area contributed by atoms with E-state index in [2.05, 4.69) is 12.2 Å². The van der Waals surface area contributed by atoms with Crippen molar-refractivity contribution in [1.29, 1.82) is 0 Å². The summed E-state index contributed by atoms with van der Waals surface area (Å²) in [6.07, 6.45) is 4.01. The van der Waals surface area contributed by atoms with Crippen LogP contribution in [0, 0.1) is 16.0 Å². The van der Waals surface area contributed by atoms with Crippen LogP contribution < -0.4 is 10.1 Å². The first-order valence-corrected chi connectivity index (χ1v) is 6.76. The van der Waals surface area contributed by atoms with Crippen molar-refractivity contribution in [2.45, 2.75) is 32.2 Å². The number of hydrogen-bond donors (Lipinski definition) is 1. The van der Waals surface area contributed by atoms with Crippen LogP contribution in [0.5, 0.6) is 5.75 Å². The minimum Gasteiger partial charge on any atom is -0.492 e. The molecule has 104 valence electrons. The van der Waals surface area contributed by atoms with Crippen LogP contribution in [-0.4, -0.2) is 24.1 Å². The van der Waals surface area contributed by atoms with Crippen molar-refractivity contribution in [2.75, 3.05) is 13.2 Å². The van der Waals surface area contributed by atoms with Crippen molar-refractivity contribution in [3.05, 3.63) is 34.4 Å². The minimum absolute atomic E-state index is 0.0866. The molecule has 5 heteroatoms. The van der Waals surface area contributed by atoms with Gasteiger partial charge in [0.1, 0.15) is 12.4 Å². The van der Waals surface area contributed by atoms with E-state index in [4.69, 9.17) is 4.74 Å². The molecular formula is C14H20N2O3. The van der Waals surface area contributed by atoms with E-state index in [1.54, 1.807) is 12.1 Å². The van der Waals surface area contributed by atoms with Crippen LogP contribution in [0.15, 0.2) is 24.3 Å². The average molecular weight is 264 g/mol. The number of nitrogens with one attached hydrogen (secondary N) is 1. The molecule has 1 fully saturated rings. The second-order valence-electron chi connectivity index (χ2n) is 5.13. The Kier molecular flexibility index (Phi) is 4.74. The maximum atomic E-state index is 10.5. The molecule has 1 N–H and O–H groups in total. The van der Waals surface area contributed by atoms with Gasteiger partial charge in [0.05, 0.1) is 4.92 Å². The Labute approximate surface area is 113 Å². The van der Waals surface area contributed by atoms with E-state index in [9.17, 15) is 10.1 Å². The number of nitrogens with zero attached hydrogens (tertiary/aromatic N) is 1. The summed E-state index contributed by atoms with van der Waals surface area (Å²) in [5, 5.41) is 13.9. The molecule has 0 amide bonds. The highest BCUT2D eigenvalue weighted by Gasteiger charge is 2.23. The van der Waals surface area contributed by atoms with Crippen molar-refractivity contribution < 1.29 is 9.66 Å². The van der Waals surface area contributed by atoms with Gasteiger partial charge in [0.15, 0.2) is 0 Å². The van der Waals surface area contributed by atoms with Gasteiger partial charge in [0, 0.05) is 24.7 Å². The van der Waals surface area contributed by atoms with Crippen molar-refractivity contribution in [3.8, 4) is 5.75 Å². The molecule has 1 atom stereocenters. The zero-order chi connectivity index (χ0) is 13.7. The number of nitro groups is 1. The molecule has 0 saturated heterocycles. The summed E-state index contributed by atoms with van der Waals surface area (Å²) < 4.78 is 5.53. The highest BCUT2D eigenvalue weighted by Crippen LogP contribution is 2.33. The Morgan fingerprint density at radius 2 is 2.11 bits per heavy atom. The van der Waals surface area contributed by atoms with Gasteiger partial charge in [0.2, 0.25) is 0 Å². The van der Waals surface area contributed by atoms with Crippen LogP contribution in [-0.2, 0) is 0 Å². The van der Waals surface area contributed by atoms with Gasteiger partial charge in [-0.3, -0.25) is 10.1 Å².